The van der Waals surface area contributed by atoms with Crippen LogP contribution in [0.3, 0.4) is 0 Å². The zero-order valence-corrected chi connectivity index (χ0v) is 37.0. The van der Waals surface area contributed by atoms with Gasteiger partial charge in [-0.2, -0.15) is 0 Å². The first-order valence-electron chi connectivity index (χ1n) is 22.9. The quantitative estimate of drug-likeness (QED) is 0.142. The summed E-state index contributed by atoms with van der Waals surface area (Å²) < 4.78 is 2.35. The number of rotatable bonds is 9. The number of nitrogens with zero attached hydrogens (tertiary/aromatic N) is 3. The van der Waals surface area contributed by atoms with Crippen molar-refractivity contribution in [2.75, 3.05) is 0 Å². The average molecular weight is 870 g/mol. The molecule has 0 amide bonds. The summed E-state index contributed by atoms with van der Waals surface area (Å²) in [5.41, 5.74) is 18.3. The molecule has 9 aromatic carbocycles. The van der Waals surface area contributed by atoms with Crippen molar-refractivity contribution in [1.82, 2.24) is 19.9 Å². The maximum atomic E-state index is 9.67. The van der Waals surface area contributed by atoms with E-state index in [9.17, 15) is 5.41 Å². The maximum absolute atomic E-state index is 9.67. The SMILES string of the molecule is N=C(/C(=C1\NC(c2ccccc2)=Cc2cc(-c3cccc(-c4nc(-c5ccccc5)cc(-c5cccc(-n6c7ccccc7c7ccccc76)c5)n4)c3)ccc21)c1ccccc1)c1ccccc1. The van der Waals surface area contributed by atoms with Crippen molar-refractivity contribution in [3.8, 4) is 50.7 Å². The third-order valence-electron chi connectivity index (χ3n) is 12.8. The van der Waals surface area contributed by atoms with Gasteiger partial charge < -0.3 is 9.88 Å². The summed E-state index contributed by atoms with van der Waals surface area (Å²) in [5, 5.41) is 15.9. The van der Waals surface area contributed by atoms with E-state index in [1.54, 1.807) is 0 Å². The fraction of sp³-hybridized carbons (Fsp3) is 0. The van der Waals surface area contributed by atoms with Gasteiger partial charge in [0.1, 0.15) is 0 Å². The molecule has 2 N–H and O–H groups in total. The molecule has 0 atom stereocenters. The summed E-state index contributed by atoms with van der Waals surface area (Å²) in [6, 6.07) is 84.2. The van der Waals surface area contributed by atoms with E-state index >= 15 is 0 Å². The van der Waals surface area contributed by atoms with E-state index in [0.717, 1.165) is 101 Å². The van der Waals surface area contributed by atoms with E-state index in [1.165, 1.54) is 10.8 Å². The minimum absolute atomic E-state index is 0.451. The predicted molar refractivity (Wildman–Crippen MR) is 282 cm³/mol. The number of nitrogens with one attached hydrogen (secondary N) is 2. The van der Waals surface area contributed by atoms with E-state index in [0.29, 0.717) is 11.5 Å². The van der Waals surface area contributed by atoms with Gasteiger partial charge in [-0.05, 0) is 76.4 Å². The molecular weight excluding hydrogens is 827 g/mol. The highest BCUT2D eigenvalue weighted by Crippen LogP contribution is 2.39. The van der Waals surface area contributed by atoms with Crippen LogP contribution in [0.4, 0.5) is 0 Å². The monoisotopic (exact) mass is 869 g/mol. The van der Waals surface area contributed by atoms with Gasteiger partial charge in [0.2, 0.25) is 0 Å². The number of para-hydroxylation sites is 2. The summed E-state index contributed by atoms with van der Waals surface area (Å²) in [7, 11) is 0. The number of hydrogen-bond acceptors (Lipinski definition) is 4. The molecule has 0 saturated heterocycles. The summed E-state index contributed by atoms with van der Waals surface area (Å²) in [6.07, 6.45) is 2.22. The van der Waals surface area contributed by atoms with Crippen molar-refractivity contribution < 1.29 is 0 Å². The molecule has 1 aliphatic heterocycles. The first-order valence-corrected chi connectivity index (χ1v) is 22.9. The molecule has 0 saturated carbocycles. The number of allylic oxidation sites excluding steroid dienone is 1. The highest BCUT2D eigenvalue weighted by molar-refractivity contribution is 6.36. The number of hydrogen-bond donors (Lipinski definition) is 2. The Labute approximate surface area is 395 Å². The second kappa shape index (κ2) is 17.3. The molecule has 5 heteroatoms. The topological polar surface area (TPSA) is 66.6 Å². The lowest BCUT2D eigenvalue weighted by molar-refractivity contribution is 1.16. The lowest BCUT2D eigenvalue weighted by atomic mass is 9.87. The highest BCUT2D eigenvalue weighted by atomic mass is 15.0. The largest absolute Gasteiger partial charge is 0.354 e. The molecule has 5 nitrogen and oxygen atoms in total. The normalized spacial score (nSPS) is 12.9. The van der Waals surface area contributed by atoms with Gasteiger partial charge in [-0.15, -0.1) is 0 Å². The fourth-order valence-electron chi connectivity index (χ4n) is 9.54. The van der Waals surface area contributed by atoms with Crippen LogP contribution in [0.5, 0.6) is 0 Å². The van der Waals surface area contributed by atoms with Gasteiger partial charge in [-0.3, -0.25) is 5.41 Å². The van der Waals surface area contributed by atoms with Gasteiger partial charge in [-0.25, -0.2) is 9.97 Å². The second-order valence-corrected chi connectivity index (χ2v) is 17.0. The Bertz CT molecular complexity index is 3700. The van der Waals surface area contributed by atoms with Crippen LogP contribution in [0.1, 0.15) is 27.8 Å². The van der Waals surface area contributed by atoms with Crippen molar-refractivity contribution in [3.63, 3.8) is 0 Å². The van der Waals surface area contributed by atoms with Crippen LogP contribution in [0, 0.1) is 5.41 Å². The molecule has 2 aromatic heterocycles. The number of aromatic nitrogens is 3. The average Bonchev–Trinajstić information content (AvgIpc) is 3.76. The van der Waals surface area contributed by atoms with Crippen LogP contribution >= 0.6 is 0 Å². The van der Waals surface area contributed by atoms with Gasteiger partial charge in [-0.1, -0.05) is 200 Å². The first-order chi connectivity index (χ1) is 33.6. The molecule has 0 spiro atoms. The molecule has 1 aliphatic rings. The molecule has 0 radical (unpaired) electrons. The third-order valence-corrected chi connectivity index (χ3v) is 12.8. The van der Waals surface area contributed by atoms with E-state index in [-0.39, 0.29) is 0 Å². The molecule has 68 heavy (non-hydrogen) atoms. The Hall–Kier alpha value is -9.19. The molecule has 12 rings (SSSR count). The van der Waals surface area contributed by atoms with E-state index in [2.05, 4.69) is 198 Å². The van der Waals surface area contributed by atoms with Gasteiger partial charge in [0.15, 0.2) is 5.82 Å². The van der Waals surface area contributed by atoms with Crippen molar-refractivity contribution in [3.05, 3.63) is 270 Å². The molecule has 11 aromatic rings. The van der Waals surface area contributed by atoms with Crippen molar-refractivity contribution in [1.29, 1.82) is 5.41 Å². The standard InChI is InChI=1S/C63H43N5/c64-61(45-25-11-4-12-26-45)60(44-23-9-3-10-24-44)62-52-36-35-47(38-50(52)40-55(65-62)42-19-5-1-6-20-42)46-27-17-29-49(37-46)63-66-56(43-21-7-2-8-22-43)41-57(67-63)48-28-18-30-51(39-48)68-58-33-15-13-31-53(58)54-32-14-16-34-59(54)68/h1-41,64-65H/b62-60-,64-61?. The summed E-state index contributed by atoms with van der Waals surface area (Å²) in [6.45, 7) is 0. The molecule has 0 unspecified atom stereocenters. The van der Waals surface area contributed by atoms with Gasteiger partial charge in [0, 0.05) is 55.5 Å². The predicted octanol–water partition coefficient (Wildman–Crippen LogP) is 15.3. The molecule has 320 valence electrons. The minimum atomic E-state index is 0.451. The lowest BCUT2D eigenvalue weighted by Crippen LogP contribution is -2.20. The van der Waals surface area contributed by atoms with Crippen molar-refractivity contribution >= 4 is 50.6 Å². The summed E-state index contributed by atoms with van der Waals surface area (Å²) >= 11 is 0. The first kappa shape index (κ1) is 40.3. The second-order valence-electron chi connectivity index (χ2n) is 17.0. The Morgan fingerprint density at radius 2 is 0.941 bits per heavy atom. The van der Waals surface area contributed by atoms with Crippen LogP contribution in [-0.4, -0.2) is 20.2 Å². The molecule has 3 heterocycles. The minimum Gasteiger partial charge on any atom is -0.354 e. The van der Waals surface area contributed by atoms with Crippen molar-refractivity contribution in [2.45, 2.75) is 0 Å². The maximum Gasteiger partial charge on any atom is 0.160 e. The Morgan fingerprint density at radius 3 is 1.63 bits per heavy atom. The van der Waals surface area contributed by atoms with Crippen LogP contribution in [0.25, 0.3) is 95.6 Å². The van der Waals surface area contributed by atoms with Gasteiger partial charge >= 0.3 is 0 Å². The van der Waals surface area contributed by atoms with Crippen molar-refractivity contribution in [2.24, 2.45) is 0 Å². The highest BCUT2D eigenvalue weighted by Gasteiger charge is 2.24. The molecule has 0 bridgehead atoms. The van der Waals surface area contributed by atoms with E-state index in [1.807, 2.05) is 60.7 Å². The third kappa shape index (κ3) is 7.48. The molecular formula is C63H43N5. The Morgan fingerprint density at radius 1 is 0.412 bits per heavy atom. The summed E-state index contributed by atoms with van der Waals surface area (Å²) in [4.78, 5) is 10.6. The van der Waals surface area contributed by atoms with Gasteiger partial charge in [0.25, 0.3) is 0 Å². The molecule has 0 aliphatic carbocycles. The van der Waals surface area contributed by atoms with Gasteiger partial charge in [0.05, 0.1) is 33.8 Å². The van der Waals surface area contributed by atoms with E-state index in [4.69, 9.17) is 9.97 Å². The van der Waals surface area contributed by atoms with Crippen LogP contribution in [-0.2, 0) is 0 Å². The Kier molecular flexibility index (Phi) is 10.3. The molecule has 0 fully saturated rings. The number of benzene rings is 9. The smallest absolute Gasteiger partial charge is 0.160 e. The summed E-state index contributed by atoms with van der Waals surface area (Å²) in [5.74, 6) is 0.649. The number of fused-ring (bicyclic) bond motifs is 4. The zero-order chi connectivity index (χ0) is 45.4. The van der Waals surface area contributed by atoms with Crippen LogP contribution < -0.4 is 5.32 Å². The van der Waals surface area contributed by atoms with Crippen LogP contribution in [0.15, 0.2) is 243 Å². The van der Waals surface area contributed by atoms with E-state index < -0.39 is 0 Å². The van der Waals surface area contributed by atoms with Crippen LogP contribution in [0.2, 0.25) is 0 Å². The lowest BCUT2D eigenvalue weighted by Gasteiger charge is -2.26. The Balaban J connectivity index is 0.982. The zero-order valence-electron chi connectivity index (χ0n) is 37.0. The fourth-order valence-corrected chi connectivity index (χ4v) is 9.54.